The molecule has 4 nitrogen and oxygen atoms in total. The fourth-order valence-corrected chi connectivity index (χ4v) is 4.32. The third-order valence-corrected chi connectivity index (χ3v) is 5.75. The van der Waals surface area contributed by atoms with E-state index in [1.54, 1.807) is 0 Å². The van der Waals surface area contributed by atoms with E-state index in [4.69, 9.17) is 5.73 Å². The summed E-state index contributed by atoms with van der Waals surface area (Å²) in [6, 6.07) is 0.526. The first kappa shape index (κ1) is 16.8. The lowest BCUT2D eigenvalue weighted by atomic mass is 9.76. The predicted molar refractivity (Wildman–Crippen MR) is 87.0 cm³/mol. The maximum Gasteiger partial charge on any atom is 0.237 e. The molecule has 0 spiro atoms. The van der Waals surface area contributed by atoms with Gasteiger partial charge in [0.05, 0.1) is 5.54 Å². The van der Waals surface area contributed by atoms with Gasteiger partial charge in [-0.25, -0.2) is 0 Å². The van der Waals surface area contributed by atoms with Gasteiger partial charge in [-0.1, -0.05) is 20.8 Å². The fourth-order valence-electron chi connectivity index (χ4n) is 4.32. The second-order valence-electron chi connectivity index (χ2n) is 7.34. The van der Waals surface area contributed by atoms with Crippen LogP contribution >= 0.6 is 0 Å². The lowest BCUT2D eigenvalue weighted by Crippen LogP contribution is -2.61. The molecular formula is C17H33N3O. The molecule has 0 radical (unpaired) electrons. The lowest BCUT2D eigenvalue weighted by molar-refractivity contribution is -0.126. The minimum absolute atomic E-state index is 0.161. The van der Waals surface area contributed by atoms with E-state index < -0.39 is 5.54 Å². The summed E-state index contributed by atoms with van der Waals surface area (Å²) in [4.78, 5) is 14.6. The van der Waals surface area contributed by atoms with Crippen LogP contribution in [-0.4, -0.2) is 42.0 Å². The Balaban J connectivity index is 1.96. The van der Waals surface area contributed by atoms with Gasteiger partial charge in [0.2, 0.25) is 5.91 Å². The second-order valence-corrected chi connectivity index (χ2v) is 7.34. The van der Waals surface area contributed by atoms with Gasteiger partial charge in [0.1, 0.15) is 0 Å². The van der Waals surface area contributed by atoms with E-state index in [0.29, 0.717) is 6.04 Å². The summed E-state index contributed by atoms with van der Waals surface area (Å²) in [5, 5.41) is 3.39. The highest BCUT2D eigenvalue weighted by Gasteiger charge is 2.42. The molecule has 0 aromatic carbocycles. The van der Waals surface area contributed by atoms with E-state index in [1.807, 2.05) is 0 Å². The largest absolute Gasteiger partial charge is 0.368 e. The molecule has 3 N–H and O–H groups in total. The zero-order valence-electron chi connectivity index (χ0n) is 14.0. The first-order valence-electron chi connectivity index (χ1n) is 8.77. The minimum atomic E-state index is -0.466. The van der Waals surface area contributed by atoms with Crippen LogP contribution in [-0.2, 0) is 4.79 Å². The van der Waals surface area contributed by atoms with E-state index >= 15 is 0 Å². The maximum atomic E-state index is 12.0. The Hall–Kier alpha value is -0.610. The van der Waals surface area contributed by atoms with Crippen molar-refractivity contribution in [1.29, 1.82) is 0 Å². The van der Waals surface area contributed by atoms with E-state index in [9.17, 15) is 4.79 Å². The number of likely N-dealkylation sites (N-methyl/N-ethyl adjacent to an activating group) is 1. The van der Waals surface area contributed by atoms with Gasteiger partial charge in [-0.3, -0.25) is 4.79 Å². The van der Waals surface area contributed by atoms with Crippen molar-refractivity contribution in [3.05, 3.63) is 0 Å². The van der Waals surface area contributed by atoms with Crippen molar-refractivity contribution in [2.45, 2.75) is 70.9 Å². The Morgan fingerprint density at radius 1 is 1.33 bits per heavy atom. The van der Waals surface area contributed by atoms with E-state index in [1.165, 1.54) is 32.4 Å². The van der Waals surface area contributed by atoms with Gasteiger partial charge < -0.3 is 16.0 Å². The van der Waals surface area contributed by atoms with Crippen molar-refractivity contribution in [3.8, 4) is 0 Å². The van der Waals surface area contributed by atoms with Crippen LogP contribution in [0.5, 0.6) is 0 Å². The average Bonchev–Trinajstić information content (AvgIpc) is 2.48. The number of nitrogens with one attached hydrogen (secondary N) is 1. The average molecular weight is 295 g/mol. The molecule has 1 saturated carbocycles. The van der Waals surface area contributed by atoms with Gasteiger partial charge in [0.25, 0.3) is 0 Å². The number of primary amides is 1. The van der Waals surface area contributed by atoms with Crippen molar-refractivity contribution >= 4 is 5.91 Å². The first-order valence-corrected chi connectivity index (χ1v) is 8.77. The van der Waals surface area contributed by atoms with Crippen LogP contribution in [0.1, 0.15) is 59.3 Å². The molecule has 2 unspecified atom stereocenters. The van der Waals surface area contributed by atoms with Crippen LogP contribution in [0.25, 0.3) is 0 Å². The molecule has 1 amide bonds. The van der Waals surface area contributed by atoms with Crippen LogP contribution in [0.2, 0.25) is 0 Å². The van der Waals surface area contributed by atoms with E-state index in [2.05, 4.69) is 31.0 Å². The van der Waals surface area contributed by atoms with Gasteiger partial charge in [-0.05, 0) is 70.0 Å². The number of amides is 1. The van der Waals surface area contributed by atoms with Crippen LogP contribution in [0.3, 0.4) is 0 Å². The van der Waals surface area contributed by atoms with Crippen molar-refractivity contribution in [3.63, 3.8) is 0 Å². The number of rotatable bonds is 5. The molecule has 1 aliphatic carbocycles. The Bertz CT molecular complexity index is 346. The van der Waals surface area contributed by atoms with Gasteiger partial charge in [0, 0.05) is 6.04 Å². The third-order valence-electron chi connectivity index (χ3n) is 5.75. The maximum absolute atomic E-state index is 12.0. The number of carbonyl (C=O) groups is 1. The minimum Gasteiger partial charge on any atom is -0.368 e. The Labute approximate surface area is 129 Å². The summed E-state index contributed by atoms with van der Waals surface area (Å²) < 4.78 is 0. The van der Waals surface area contributed by atoms with Crippen LogP contribution in [0.15, 0.2) is 0 Å². The molecule has 122 valence electrons. The first-order chi connectivity index (χ1) is 9.98. The molecule has 21 heavy (non-hydrogen) atoms. The molecule has 2 aliphatic rings. The molecule has 1 saturated heterocycles. The smallest absolute Gasteiger partial charge is 0.237 e. The number of carbonyl (C=O) groups excluding carboxylic acids is 1. The summed E-state index contributed by atoms with van der Waals surface area (Å²) in [6.45, 7) is 9.92. The van der Waals surface area contributed by atoms with Crippen molar-refractivity contribution in [1.82, 2.24) is 10.2 Å². The summed E-state index contributed by atoms with van der Waals surface area (Å²) in [5.41, 5.74) is 5.26. The van der Waals surface area contributed by atoms with Crippen molar-refractivity contribution in [2.24, 2.45) is 17.6 Å². The standard InChI is InChI=1S/C17H33N3O/c1-4-19-17(16(18)21)9-5-6-15(12-17)20-10-7-14(8-11-20)13(2)3/h13-15,19H,4-12H2,1-3H3,(H2,18,21). The molecule has 1 heterocycles. The number of likely N-dealkylation sites (tertiary alicyclic amines) is 1. The number of piperidine rings is 1. The van der Waals surface area contributed by atoms with Gasteiger partial charge in [-0.2, -0.15) is 0 Å². The molecule has 2 fully saturated rings. The third kappa shape index (κ3) is 3.78. The molecular weight excluding hydrogens is 262 g/mol. The zero-order valence-corrected chi connectivity index (χ0v) is 14.0. The van der Waals surface area contributed by atoms with E-state index in [0.717, 1.165) is 37.6 Å². The number of hydrogen-bond donors (Lipinski definition) is 2. The van der Waals surface area contributed by atoms with Crippen LogP contribution in [0.4, 0.5) is 0 Å². The molecule has 4 heteroatoms. The Kier molecular flexibility index (Phi) is 5.67. The summed E-state index contributed by atoms with van der Waals surface area (Å²) >= 11 is 0. The van der Waals surface area contributed by atoms with Gasteiger partial charge in [0.15, 0.2) is 0 Å². The monoisotopic (exact) mass is 295 g/mol. The van der Waals surface area contributed by atoms with Gasteiger partial charge in [-0.15, -0.1) is 0 Å². The van der Waals surface area contributed by atoms with Gasteiger partial charge >= 0.3 is 0 Å². The molecule has 1 aliphatic heterocycles. The predicted octanol–water partition coefficient (Wildman–Crippen LogP) is 2.13. The van der Waals surface area contributed by atoms with Crippen molar-refractivity contribution < 1.29 is 4.79 Å². The quantitative estimate of drug-likeness (QED) is 0.817. The summed E-state index contributed by atoms with van der Waals surface area (Å²) in [7, 11) is 0. The Morgan fingerprint density at radius 2 is 2.00 bits per heavy atom. The normalized spacial score (nSPS) is 32.5. The topological polar surface area (TPSA) is 58.4 Å². The molecule has 2 rings (SSSR count). The molecule has 0 aromatic heterocycles. The highest BCUT2D eigenvalue weighted by Crippen LogP contribution is 2.34. The number of nitrogens with zero attached hydrogens (tertiary/aromatic N) is 1. The SMILES string of the molecule is CCNC1(C(N)=O)CCCC(N2CCC(C(C)C)CC2)C1. The van der Waals surface area contributed by atoms with Crippen molar-refractivity contribution in [2.75, 3.05) is 19.6 Å². The summed E-state index contributed by atoms with van der Waals surface area (Å²) in [6.07, 6.45) is 6.72. The lowest BCUT2D eigenvalue weighted by Gasteiger charge is -2.46. The fraction of sp³-hybridized carbons (Fsp3) is 0.941. The zero-order chi connectivity index (χ0) is 15.5. The highest BCUT2D eigenvalue weighted by molar-refractivity contribution is 5.84. The molecule has 0 bridgehead atoms. The molecule has 0 aromatic rings. The highest BCUT2D eigenvalue weighted by atomic mass is 16.1. The second kappa shape index (κ2) is 7.10. The van der Waals surface area contributed by atoms with Crippen LogP contribution < -0.4 is 11.1 Å². The van der Waals surface area contributed by atoms with E-state index in [-0.39, 0.29) is 5.91 Å². The van der Waals surface area contributed by atoms with Crippen LogP contribution in [0, 0.1) is 11.8 Å². The molecule has 2 atom stereocenters. The number of nitrogens with two attached hydrogens (primary N) is 1. The number of hydrogen-bond acceptors (Lipinski definition) is 3. The summed E-state index contributed by atoms with van der Waals surface area (Å²) in [5.74, 6) is 1.51. The Morgan fingerprint density at radius 3 is 2.52 bits per heavy atom.